The predicted molar refractivity (Wildman–Crippen MR) is 98.0 cm³/mol. The number of aromatic nitrogens is 2. The highest BCUT2D eigenvalue weighted by Crippen LogP contribution is 2.19. The highest BCUT2D eigenvalue weighted by Gasteiger charge is 2.07. The summed E-state index contributed by atoms with van der Waals surface area (Å²) in [5, 5.41) is 12.1. The normalized spacial score (nSPS) is 11.0. The second-order valence-corrected chi connectivity index (χ2v) is 6.60. The Labute approximate surface area is 149 Å². The number of carbonyl (C=O) groups excluding carboxylic acids is 1. The highest BCUT2D eigenvalue weighted by atomic mass is 32.1. The van der Waals surface area contributed by atoms with E-state index in [0.717, 1.165) is 16.1 Å². The third kappa shape index (κ3) is 5.06. The van der Waals surface area contributed by atoms with Crippen LogP contribution in [0.2, 0.25) is 0 Å². The Kier molecular flexibility index (Phi) is 5.30. The van der Waals surface area contributed by atoms with Gasteiger partial charge < -0.3 is 0 Å². The van der Waals surface area contributed by atoms with E-state index in [1.807, 2.05) is 6.92 Å². The van der Waals surface area contributed by atoms with Gasteiger partial charge in [-0.15, -0.1) is 10.2 Å². The third-order valence-electron chi connectivity index (χ3n) is 3.47. The molecule has 1 amide bonds. The molecule has 0 aliphatic carbocycles. The third-order valence-corrected chi connectivity index (χ3v) is 4.31. The average Bonchev–Trinajstić information content (AvgIpc) is 3.03. The molecule has 4 nitrogen and oxygen atoms in total. The maximum Gasteiger partial charge on any atom is 0.250 e. The lowest BCUT2D eigenvalue weighted by Gasteiger charge is -1.98. The fraction of sp³-hybridized carbons (Fsp3) is 0.105. The summed E-state index contributed by atoms with van der Waals surface area (Å²) in [5.41, 5.74) is 3.10. The minimum atomic E-state index is -0.309. The SMILES string of the molecule is Cc1ccc(Cc2nnc(NC(=O)/C=C/c3ccc(F)cc3)s2)cc1. The number of anilines is 1. The Morgan fingerprint density at radius 1 is 1.12 bits per heavy atom. The highest BCUT2D eigenvalue weighted by molar-refractivity contribution is 7.15. The van der Waals surface area contributed by atoms with E-state index >= 15 is 0 Å². The van der Waals surface area contributed by atoms with Crippen molar-refractivity contribution in [2.75, 3.05) is 5.32 Å². The monoisotopic (exact) mass is 353 g/mol. The maximum absolute atomic E-state index is 12.8. The molecular formula is C19H16FN3OS. The van der Waals surface area contributed by atoms with Gasteiger partial charge in [-0.25, -0.2) is 4.39 Å². The minimum Gasteiger partial charge on any atom is -0.297 e. The van der Waals surface area contributed by atoms with Crippen LogP contribution in [0.25, 0.3) is 6.08 Å². The molecule has 0 aliphatic heterocycles. The van der Waals surface area contributed by atoms with E-state index in [1.165, 1.54) is 35.1 Å². The van der Waals surface area contributed by atoms with Crippen molar-refractivity contribution in [3.8, 4) is 0 Å². The van der Waals surface area contributed by atoms with Crippen molar-refractivity contribution < 1.29 is 9.18 Å². The van der Waals surface area contributed by atoms with Crippen LogP contribution in [-0.4, -0.2) is 16.1 Å². The van der Waals surface area contributed by atoms with Crippen molar-refractivity contribution >= 4 is 28.5 Å². The fourth-order valence-electron chi connectivity index (χ4n) is 2.15. The van der Waals surface area contributed by atoms with E-state index in [0.29, 0.717) is 11.6 Å². The van der Waals surface area contributed by atoms with Crippen LogP contribution < -0.4 is 5.32 Å². The van der Waals surface area contributed by atoms with Gasteiger partial charge in [0, 0.05) is 12.5 Å². The van der Waals surface area contributed by atoms with Gasteiger partial charge in [-0.2, -0.15) is 0 Å². The van der Waals surface area contributed by atoms with E-state index in [4.69, 9.17) is 0 Å². The van der Waals surface area contributed by atoms with Crippen LogP contribution in [0.4, 0.5) is 9.52 Å². The number of aryl methyl sites for hydroxylation is 1. The molecular weight excluding hydrogens is 337 g/mol. The summed E-state index contributed by atoms with van der Waals surface area (Å²) in [6, 6.07) is 14.1. The zero-order valence-corrected chi connectivity index (χ0v) is 14.4. The van der Waals surface area contributed by atoms with Crippen molar-refractivity contribution in [2.24, 2.45) is 0 Å². The molecule has 0 atom stereocenters. The molecule has 0 radical (unpaired) electrons. The predicted octanol–water partition coefficient (Wildman–Crippen LogP) is 4.23. The minimum absolute atomic E-state index is 0.303. The summed E-state index contributed by atoms with van der Waals surface area (Å²) in [4.78, 5) is 11.9. The van der Waals surface area contributed by atoms with Gasteiger partial charge in [0.25, 0.3) is 0 Å². The van der Waals surface area contributed by atoms with Gasteiger partial charge in [0.2, 0.25) is 11.0 Å². The first-order valence-corrected chi connectivity index (χ1v) is 8.53. The van der Waals surface area contributed by atoms with Crippen molar-refractivity contribution in [2.45, 2.75) is 13.3 Å². The van der Waals surface area contributed by atoms with E-state index in [1.54, 1.807) is 18.2 Å². The van der Waals surface area contributed by atoms with Crippen molar-refractivity contribution in [1.29, 1.82) is 0 Å². The summed E-state index contributed by atoms with van der Waals surface area (Å²) < 4.78 is 12.8. The van der Waals surface area contributed by atoms with Crippen LogP contribution in [0.5, 0.6) is 0 Å². The quantitative estimate of drug-likeness (QED) is 0.699. The van der Waals surface area contributed by atoms with E-state index in [2.05, 4.69) is 39.8 Å². The first kappa shape index (κ1) is 17.0. The smallest absolute Gasteiger partial charge is 0.250 e. The number of halogens is 1. The molecule has 6 heteroatoms. The molecule has 3 rings (SSSR count). The Balaban J connectivity index is 1.57. The van der Waals surface area contributed by atoms with Crippen molar-refractivity contribution in [1.82, 2.24) is 10.2 Å². The average molecular weight is 353 g/mol. The van der Waals surface area contributed by atoms with Crippen LogP contribution >= 0.6 is 11.3 Å². The van der Waals surface area contributed by atoms with Crippen LogP contribution in [0, 0.1) is 12.7 Å². The lowest BCUT2D eigenvalue weighted by Crippen LogP contribution is -2.07. The van der Waals surface area contributed by atoms with Crippen molar-refractivity contribution in [3.63, 3.8) is 0 Å². The first-order chi connectivity index (χ1) is 12.1. The van der Waals surface area contributed by atoms with Gasteiger partial charge in [-0.3, -0.25) is 10.1 Å². The topological polar surface area (TPSA) is 54.9 Å². The number of rotatable bonds is 5. The number of nitrogens with one attached hydrogen (secondary N) is 1. The first-order valence-electron chi connectivity index (χ1n) is 7.71. The zero-order chi connectivity index (χ0) is 17.6. The standard InChI is InChI=1S/C19H16FN3OS/c1-13-2-4-15(5-3-13)12-18-22-23-19(25-18)21-17(24)11-8-14-6-9-16(20)10-7-14/h2-11H,12H2,1H3,(H,21,23,24)/b11-8+. The molecule has 0 unspecified atom stereocenters. The van der Waals surface area contributed by atoms with Gasteiger partial charge in [-0.1, -0.05) is 53.3 Å². The van der Waals surface area contributed by atoms with Gasteiger partial charge in [0.15, 0.2) is 0 Å². The summed E-state index contributed by atoms with van der Waals surface area (Å²) in [7, 11) is 0. The Bertz CT molecular complexity index is 886. The molecule has 0 bridgehead atoms. The Morgan fingerprint density at radius 3 is 2.56 bits per heavy atom. The Hall–Kier alpha value is -2.86. The second-order valence-electron chi connectivity index (χ2n) is 5.54. The maximum atomic E-state index is 12.8. The molecule has 126 valence electrons. The largest absolute Gasteiger partial charge is 0.297 e. The molecule has 0 fully saturated rings. The van der Waals surface area contributed by atoms with Gasteiger partial charge in [0.1, 0.15) is 10.8 Å². The summed E-state index contributed by atoms with van der Waals surface area (Å²) >= 11 is 1.35. The summed E-state index contributed by atoms with van der Waals surface area (Å²) in [5.74, 6) is -0.612. The lowest BCUT2D eigenvalue weighted by molar-refractivity contribution is -0.111. The molecule has 25 heavy (non-hydrogen) atoms. The number of hydrogen-bond donors (Lipinski definition) is 1. The number of carbonyl (C=O) groups is 1. The molecule has 0 saturated carbocycles. The van der Waals surface area contributed by atoms with Crippen LogP contribution in [0.15, 0.2) is 54.6 Å². The molecule has 0 saturated heterocycles. The van der Waals surface area contributed by atoms with E-state index < -0.39 is 0 Å². The molecule has 1 heterocycles. The summed E-state index contributed by atoms with van der Waals surface area (Å²) in [6.07, 6.45) is 3.68. The van der Waals surface area contributed by atoms with Crippen LogP contribution in [-0.2, 0) is 11.2 Å². The van der Waals surface area contributed by atoms with Crippen LogP contribution in [0.1, 0.15) is 21.7 Å². The molecule has 2 aromatic carbocycles. The summed E-state index contributed by atoms with van der Waals surface area (Å²) in [6.45, 7) is 2.04. The van der Waals surface area contributed by atoms with Crippen molar-refractivity contribution in [3.05, 3.63) is 82.1 Å². The number of benzene rings is 2. The number of hydrogen-bond acceptors (Lipinski definition) is 4. The number of amides is 1. The Morgan fingerprint density at radius 2 is 1.84 bits per heavy atom. The lowest BCUT2D eigenvalue weighted by atomic mass is 10.1. The van der Waals surface area contributed by atoms with Gasteiger partial charge in [-0.05, 0) is 36.3 Å². The van der Waals surface area contributed by atoms with Crippen LogP contribution in [0.3, 0.4) is 0 Å². The number of nitrogens with zero attached hydrogens (tertiary/aromatic N) is 2. The van der Waals surface area contributed by atoms with Gasteiger partial charge >= 0.3 is 0 Å². The van der Waals surface area contributed by atoms with E-state index in [9.17, 15) is 9.18 Å². The fourth-order valence-corrected chi connectivity index (χ4v) is 2.93. The molecule has 0 aliphatic rings. The van der Waals surface area contributed by atoms with E-state index in [-0.39, 0.29) is 11.7 Å². The molecule has 1 aromatic heterocycles. The molecule has 1 N–H and O–H groups in total. The van der Waals surface area contributed by atoms with Gasteiger partial charge in [0.05, 0.1) is 0 Å². The second kappa shape index (κ2) is 7.81. The zero-order valence-electron chi connectivity index (χ0n) is 13.6. The molecule has 0 spiro atoms. The molecule has 3 aromatic rings.